The van der Waals surface area contributed by atoms with Gasteiger partial charge in [-0.25, -0.2) is 0 Å². The van der Waals surface area contributed by atoms with Gasteiger partial charge in [-0.3, -0.25) is 0 Å². The predicted octanol–water partition coefficient (Wildman–Crippen LogP) is 3.01. The van der Waals surface area contributed by atoms with Crippen LogP contribution >= 0.6 is 23.8 Å². The van der Waals surface area contributed by atoms with Crippen LogP contribution in [0.4, 0.5) is 0 Å². The van der Waals surface area contributed by atoms with Crippen molar-refractivity contribution in [2.45, 2.75) is 13.3 Å². The molecular weight excluding hydrogens is 246 g/mol. The molecule has 0 amide bonds. The maximum Gasteiger partial charge on any atom is 0.190 e. The van der Waals surface area contributed by atoms with Gasteiger partial charge >= 0.3 is 0 Å². The van der Waals surface area contributed by atoms with Crippen LogP contribution < -0.4 is 0 Å². The average molecular weight is 256 g/mol. The maximum atomic E-state index is 9.34. The molecule has 0 saturated heterocycles. The SMILES string of the molecule is Cc1ccc(C(O)=S)c(Cl)c1C1=NOCC1. The van der Waals surface area contributed by atoms with E-state index in [1.54, 1.807) is 6.07 Å². The molecule has 0 radical (unpaired) electrons. The second kappa shape index (κ2) is 4.39. The molecule has 0 saturated carbocycles. The van der Waals surface area contributed by atoms with Crippen molar-refractivity contribution >= 4 is 34.6 Å². The second-order valence-corrected chi connectivity index (χ2v) is 4.31. The third kappa shape index (κ3) is 1.90. The Kier molecular flexibility index (Phi) is 3.12. The number of aryl methyl sites for hydroxylation is 1. The molecule has 1 aromatic rings. The molecule has 1 aliphatic rings. The van der Waals surface area contributed by atoms with Crippen LogP contribution in [0.3, 0.4) is 0 Å². The summed E-state index contributed by atoms with van der Waals surface area (Å²) in [6.45, 7) is 2.51. The Bertz CT molecular complexity index is 485. The van der Waals surface area contributed by atoms with E-state index >= 15 is 0 Å². The number of aliphatic hydroxyl groups excluding tert-OH is 1. The Labute approximate surface area is 104 Å². The van der Waals surface area contributed by atoms with E-state index in [1.165, 1.54) is 0 Å². The van der Waals surface area contributed by atoms with Gasteiger partial charge in [0.25, 0.3) is 0 Å². The maximum absolute atomic E-state index is 9.34. The normalized spacial score (nSPS) is 14.5. The number of benzene rings is 1. The number of aliphatic hydroxyl groups is 1. The van der Waals surface area contributed by atoms with Crippen molar-refractivity contribution in [3.63, 3.8) is 0 Å². The van der Waals surface area contributed by atoms with E-state index in [0.717, 1.165) is 23.3 Å². The summed E-state index contributed by atoms with van der Waals surface area (Å²) in [5, 5.41) is 13.5. The molecule has 84 valence electrons. The minimum Gasteiger partial charge on any atom is -0.498 e. The van der Waals surface area contributed by atoms with Gasteiger partial charge in [0.15, 0.2) is 5.05 Å². The van der Waals surface area contributed by atoms with E-state index in [4.69, 9.17) is 28.7 Å². The standard InChI is InChI=1S/C11H10ClNO2S/c1-6-2-3-7(11(14)16)10(12)9(6)8-4-5-15-13-8/h2-3H,4-5H2,1H3,(H,14,16). The summed E-state index contributed by atoms with van der Waals surface area (Å²) < 4.78 is 0. The highest BCUT2D eigenvalue weighted by molar-refractivity contribution is 7.80. The highest BCUT2D eigenvalue weighted by Crippen LogP contribution is 2.27. The molecule has 0 aliphatic carbocycles. The Morgan fingerprint density at radius 3 is 2.88 bits per heavy atom. The van der Waals surface area contributed by atoms with Crippen LogP contribution in [0.5, 0.6) is 0 Å². The van der Waals surface area contributed by atoms with Crippen molar-refractivity contribution in [1.29, 1.82) is 0 Å². The van der Waals surface area contributed by atoms with Crippen LogP contribution in [0.1, 0.15) is 23.1 Å². The number of hydrogen-bond acceptors (Lipinski definition) is 3. The van der Waals surface area contributed by atoms with Gasteiger partial charge in [-0.2, -0.15) is 0 Å². The van der Waals surface area contributed by atoms with Gasteiger partial charge in [0.2, 0.25) is 0 Å². The number of rotatable bonds is 2. The van der Waals surface area contributed by atoms with Crippen molar-refractivity contribution in [2.75, 3.05) is 6.61 Å². The Balaban J connectivity index is 2.59. The lowest BCUT2D eigenvalue weighted by Crippen LogP contribution is -2.06. The summed E-state index contributed by atoms with van der Waals surface area (Å²) in [6.07, 6.45) is 0.724. The zero-order valence-electron chi connectivity index (χ0n) is 8.66. The summed E-state index contributed by atoms with van der Waals surface area (Å²) in [5.74, 6) is 0. The molecule has 0 unspecified atom stereocenters. The molecule has 0 aromatic heterocycles. The average Bonchev–Trinajstić information content (AvgIpc) is 2.70. The highest BCUT2D eigenvalue weighted by atomic mass is 35.5. The fraction of sp³-hybridized carbons (Fsp3) is 0.273. The quantitative estimate of drug-likeness (QED) is 0.826. The van der Waals surface area contributed by atoms with Gasteiger partial charge < -0.3 is 9.94 Å². The second-order valence-electron chi connectivity index (χ2n) is 3.55. The molecule has 3 nitrogen and oxygen atoms in total. The third-order valence-electron chi connectivity index (χ3n) is 2.47. The molecule has 2 rings (SSSR count). The highest BCUT2D eigenvalue weighted by Gasteiger charge is 2.19. The zero-order chi connectivity index (χ0) is 11.7. The van der Waals surface area contributed by atoms with E-state index in [1.807, 2.05) is 13.0 Å². The predicted molar refractivity (Wildman–Crippen MR) is 67.6 cm³/mol. The minimum absolute atomic E-state index is 0.203. The van der Waals surface area contributed by atoms with Crippen LogP contribution in [-0.4, -0.2) is 22.5 Å². The summed E-state index contributed by atoms with van der Waals surface area (Å²) in [5.41, 5.74) is 3.08. The first-order chi connectivity index (χ1) is 7.61. The molecule has 16 heavy (non-hydrogen) atoms. The van der Waals surface area contributed by atoms with Gasteiger partial charge in [0.1, 0.15) is 6.61 Å². The lowest BCUT2D eigenvalue weighted by atomic mass is 9.99. The fourth-order valence-electron chi connectivity index (χ4n) is 1.67. The van der Waals surface area contributed by atoms with Crippen molar-refractivity contribution < 1.29 is 9.94 Å². The Hall–Kier alpha value is -1.13. The van der Waals surface area contributed by atoms with Gasteiger partial charge in [-0.05, 0) is 30.8 Å². The fourth-order valence-corrected chi connectivity index (χ4v) is 2.31. The van der Waals surface area contributed by atoms with Crippen molar-refractivity contribution in [1.82, 2.24) is 0 Å². The van der Waals surface area contributed by atoms with Crippen LogP contribution in [-0.2, 0) is 4.84 Å². The van der Waals surface area contributed by atoms with Crippen LogP contribution in [0.25, 0.3) is 0 Å². The zero-order valence-corrected chi connectivity index (χ0v) is 10.2. The number of nitrogens with zero attached hydrogens (tertiary/aromatic N) is 1. The first-order valence-corrected chi connectivity index (χ1v) is 5.61. The van der Waals surface area contributed by atoms with E-state index in [2.05, 4.69) is 5.16 Å². The molecule has 1 aromatic carbocycles. The first-order valence-electron chi connectivity index (χ1n) is 4.83. The van der Waals surface area contributed by atoms with E-state index < -0.39 is 0 Å². The van der Waals surface area contributed by atoms with Gasteiger partial charge in [-0.15, -0.1) is 0 Å². The molecule has 0 spiro atoms. The monoisotopic (exact) mass is 255 g/mol. The van der Waals surface area contributed by atoms with Crippen LogP contribution in [0.15, 0.2) is 17.3 Å². The summed E-state index contributed by atoms with van der Waals surface area (Å²) in [7, 11) is 0. The van der Waals surface area contributed by atoms with E-state index in [0.29, 0.717) is 17.2 Å². The summed E-state index contributed by atoms with van der Waals surface area (Å²) in [4.78, 5) is 4.96. The molecule has 0 atom stereocenters. The smallest absolute Gasteiger partial charge is 0.190 e. The number of hydrogen-bond donors (Lipinski definition) is 1. The Morgan fingerprint density at radius 2 is 2.31 bits per heavy atom. The molecule has 0 fully saturated rings. The molecule has 1 aliphatic heterocycles. The lowest BCUT2D eigenvalue weighted by Gasteiger charge is -2.10. The lowest BCUT2D eigenvalue weighted by molar-refractivity contribution is 0.174. The third-order valence-corrected chi connectivity index (χ3v) is 3.09. The minimum atomic E-state index is -0.203. The molecular formula is C11H10ClNO2S. The largest absolute Gasteiger partial charge is 0.498 e. The number of oxime groups is 1. The first kappa shape index (κ1) is 11.4. The Morgan fingerprint density at radius 1 is 1.56 bits per heavy atom. The van der Waals surface area contributed by atoms with E-state index in [9.17, 15) is 5.11 Å². The van der Waals surface area contributed by atoms with Crippen molar-refractivity contribution in [3.05, 3.63) is 33.8 Å². The molecule has 1 heterocycles. The van der Waals surface area contributed by atoms with Crippen molar-refractivity contribution in [2.24, 2.45) is 5.16 Å². The number of halogens is 1. The van der Waals surface area contributed by atoms with Gasteiger partial charge in [-0.1, -0.05) is 22.8 Å². The van der Waals surface area contributed by atoms with Gasteiger partial charge in [0, 0.05) is 17.5 Å². The molecule has 5 heteroatoms. The summed E-state index contributed by atoms with van der Waals surface area (Å²) >= 11 is 10.9. The number of thiocarbonyl (C=S) groups is 1. The van der Waals surface area contributed by atoms with Crippen molar-refractivity contribution in [3.8, 4) is 0 Å². The van der Waals surface area contributed by atoms with Crippen LogP contribution in [0, 0.1) is 6.92 Å². The molecule has 0 bridgehead atoms. The van der Waals surface area contributed by atoms with Gasteiger partial charge in [0.05, 0.1) is 10.7 Å². The topological polar surface area (TPSA) is 41.8 Å². The van der Waals surface area contributed by atoms with E-state index in [-0.39, 0.29) is 5.05 Å². The van der Waals surface area contributed by atoms with Crippen LogP contribution in [0.2, 0.25) is 5.02 Å². The summed E-state index contributed by atoms with van der Waals surface area (Å²) in [6, 6.07) is 3.57. The molecule has 1 N–H and O–H groups in total.